The summed E-state index contributed by atoms with van der Waals surface area (Å²) in [4.78, 5) is 12.9. The highest BCUT2D eigenvalue weighted by molar-refractivity contribution is 6.02. The third-order valence-electron chi connectivity index (χ3n) is 5.29. The van der Waals surface area contributed by atoms with Crippen molar-refractivity contribution in [2.24, 2.45) is 10.8 Å². The van der Waals surface area contributed by atoms with Crippen LogP contribution in [0.2, 0.25) is 0 Å². The number of allylic oxidation sites excluding steroid dienone is 1. The molecule has 0 heterocycles. The molecule has 2 rings (SSSR count). The lowest BCUT2D eigenvalue weighted by atomic mass is 9.57. The first-order valence-electron chi connectivity index (χ1n) is 7.05. The molecule has 0 amide bonds. The van der Waals surface area contributed by atoms with Gasteiger partial charge in [-0.05, 0) is 51.0 Å². The molecule has 2 atom stereocenters. The van der Waals surface area contributed by atoms with Crippen LogP contribution in [0.25, 0.3) is 0 Å². The van der Waals surface area contributed by atoms with E-state index in [9.17, 15) is 9.90 Å². The first-order valence-corrected chi connectivity index (χ1v) is 7.05. The van der Waals surface area contributed by atoms with Crippen LogP contribution in [0, 0.1) is 10.8 Å². The van der Waals surface area contributed by atoms with Crippen LogP contribution in [-0.2, 0) is 4.79 Å². The quantitative estimate of drug-likeness (QED) is 0.812. The minimum atomic E-state index is -0.797. The summed E-state index contributed by atoms with van der Waals surface area (Å²) >= 11 is 0. The molecule has 1 N–H and O–H groups in total. The molecular weight excluding hydrogens is 224 g/mol. The van der Waals surface area contributed by atoms with Crippen molar-refractivity contribution < 1.29 is 9.90 Å². The molecule has 102 valence electrons. The van der Waals surface area contributed by atoms with Crippen LogP contribution in [0.1, 0.15) is 66.7 Å². The minimum Gasteiger partial charge on any atom is -0.390 e. The van der Waals surface area contributed by atoms with Crippen molar-refractivity contribution in [1.29, 1.82) is 0 Å². The van der Waals surface area contributed by atoms with Gasteiger partial charge in [-0.1, -0.05) is 25.8 Å². The highest BCUT2D eigenvalue weighted by atomic mass is 16.3. The van der Waals surface area contributed by atoms with Gasteiger partial charge in [-0.2, -0.15) is 0 Å². The fourth-order valence-electron chi connectivity index (χ4n) is 3.96. The number of fused-ring (bicyclic) bond motifs is 1. The number of carbonyl (C=O) groups is 1. The maximum Gasteiger partial charge on any atom is 0.165 e. The van der Waals surface area contributed by atoms with Gasteiger partial charge in [-0.15, -0.1) is 0 Å². The van der Waals surface area contributed by atoms with Crippen molar-refractivity contribution in [2.45, 2.75) is 72.3 Å². The summed E-state index contributed by atoms with van der Waals surface area (Å²) < 4.78 is 0. The number of rotatable bonds is 2. The smallest absolute Gasteiger partial charge is 0.165 e. The van der Waals surface area contributed by atoms with E-state index in [1.165, 1.54) is 5.57 Å². The molecule has 2 unspecified atom stereocenters. The van der Waals surface area contributed by atoms with Crippen molar-refractivity contribution in [3.63, 3.8) is 0 Å². The van der Waals surface area contributed by atoms with Gasteiger partial charge in [-0.25, -0.2) is 0 Å². The van der Waals surface area contributed by atoms with E-state index in [4.69, 9.17) is 0 Å². The Hall–Kier alpha value is -0.630. The molecule has 2 aliphatic rings. The normalized spacial score (nSPS) is 37.1. The van der Waals surface area contributed by atoms with E-state index in [1.807, 2.05) is 0 Å². The van der Waals surface area contributed by atoms with Crippen molar-refractivity contribution >= 4 is 5.78 Å². The lowest BCUT2D eigenvalue weighted by Crippen LogP contribution is -2.45. The SMILES string of the molecule is CC1=C(CC(C)(C)O)C(=O)C2(C)CCCC2(C)C1. The summed E-state index contributed by atoms with van der Waals surface area (Å²) in [6, 6.07) is 0. The zero-order chi connectivity index (χ0) is 13.8. The van der Waals surface area contributed by atoms with Crippen molar-refractivity contribution in [1.82, 2.24) is 0 Å². The van der Waals surface area contributed by atoms with Gasteiger partial charge in [0.05, 0.1) is 5.60 Å². The van der Waals surface area contributed by atoms with Crippen LogP contribution in [-0.4, -0.2) is 16.5 Å². The Labute approximate surface area is 110 Å². The first-order chi connectivity index (χ1) is 8.09. The minimum absolute atomic E-state index is 0.136. The number of hydrogen-bond acceptors (Lipinski definition) is 2. The fourth-order valence-corrected chi connectivity index (χ4v) is 3.96. The van der Waals surface area contributed by atoms with E-state index < -0.39 is 5.60 Å². The molecule has 0 aromatic rings. The molecule has 18 heavy (non-hydrogen) atoms. The van der Waals surface area contributed by atoms with Crippen LogP contribution in [0.15, 0.2) is 11.1 Å². The van der Waals surface area contributed by atoms with E-state index in [2.05, 4.69) is 20.8 Å². The number of aliphatic hydroxyl groups is 1. The van der Waals surface area contributed by atoms with Crippen LogP contribution < -0.4 is 0 Å². The topological polar surface area (TPSA) is 37.3 Å². The maximum absolute atomic E-state index is 12.9. The molecule has 0 radical (unpaired) electrons. The van der Waals surface area contributed by atoms with Gasteiger partial charge in [0.2, 0.25) is 0 Å². The molecule has 0 saturated heterocycles. The van der Waals surface area contributed by atoms with Crippen LogP contribution in [0.5, 0.6) is 0 Å². The van der Waals surface area contributed by atoms with Gasteiger partial charge in [0, 0.05) is 11.8 Å². The highest BCUT2D eigenvalue weighted by Crippen LogP contribution is 2.60. The molecule has 0 bridgehead atoms. The number of carbonyl (C=O) groups excluding carboxylic acids is 1. The van der Waals surface area contributed by atoms with Gasteiger partial charge in [0.1, 0.15) is 0 Å². The largest absolute Gasteiger partial charge is 0.390 e. The molecular formula is C16H26O2. The predicted octanol–water partition coefficient (Wildman–Crippen LogP) is 3.63. The van der Waals surface area contributed by atoms with Crippen molar-refractivity contribution in [2.75, 3.05) is 0 Å². The molecule has 0 aliphatic heterocycles. The molecule has 0 aromatic heterocycles. The Kier molecular flexibility index (Phi) is 3.01. The molecule has 2 heteroatoms. The summed E-state index contributed by atoms with van der Waals surface area (Å²) in [6.45, 7) is 10.0. The van der Waals surface area contributed by atoms with E-state index in [0.29, 0.717) is 12.2 Å². The standard InChI is InChI=1S/C16H26O2/c1-11-9-15(4)7-6-8-16(15,5)13(17)12(11)10-14(2,3)18/h18H,6-10H2,1-5H3. The Balaban J connectivity index is 2.41. The van der Waals surface area contributed by atoms with Crippen LogP contribution in [0.3, 0.4) is 0 Å². The second-order valence-electron chi connectivity index (χ2n) is 7.50. The van der Waals surface area contributed by atoms with Crippen molar-refractivity contribution in [3.05, 3.63) is 11.1 Å². The zero-order valence-corrected chi connectivity index (χ0v) is 12.4. The summed E-state index contributed by atoms with van der Waals surface area (Å²) in [6.07, 6.45) is 4.82. The van der Waals surface area contributed by atoms with Gasteiger partial charge < -0.3 is 5.11 Å². The van der Waals surface area contributed by atoms with Gasteiger partial charge in [0.25, 0.3) is 0 Å². The van der Waals surface area contributed by atoms with Gasteiger partial charge in [-0.3, -0.25) is 4.79 Å². The van der Waals surface area contributed by atoms with E-state index in [1.54, 1.807) is 13.8 Å². The Bertz CT molecular complexity index is 413. The lowest BCUT2D eigenvalue weighted by Gasteiger charge is -2.45. The number of Topliss-reactive ketones (excluding diaryl/α,β-unsaturated/α-hetero) is 1. The molecule has 1 fully saturated rings. The average Bonchev–Trinajstić information content (AvgIpc) is 2.49. The van der Waals surface area contributed by atoms with Crippen LogP contribution in [0.4, 0.5) is 0 Å². The van der Waals surface area contributed by atoms with Gasteiger partial charge in [0.15, 0.2) is 5.78 Å². The third kappa shape index (κ3) is 1.95. The second-order valence-corrected chi connectivity index (χ2v) is 7.50. The Morgan fingerprint density at radius 2 is 1.89 bits per heavy atom. The Morgan fingerprint density at radius 1 is 1.28 bits per heavy atom. The predicted molar refractivity (Wildman–Crippen MR) is 73.3 cm³/mol. The monoisotopic (exact) mass is 250 g/mol. The molecule has 2 aliphatic carbocycles. The van der Waals surface area contributed by atoms with Crippen LogP contribution >= 0.6 is 0 Å². The Morgan fingerprint density at radius 3 is 2.44 bits per heavy atom. The van der Waals surface area contributed by atoms with E-state index >= 15 is 0 Å². The third-order valence-corrected chi connectivity index (χ3v) is 5.29. The number of ketones is 1. The average molecular weight is 250 g/mol. The van der Waals surface area contributed by atoms with Crippen molar-refractivity contribution in [3.8, 4) is 0 Å². The first kappa shape index (κ1) is 13.8. The summed E-state index contributed by atoms with van der Waals surface area (Å²) in [5.41, 5.74) is 1.23. The summed E-state index contributed by atoms with van der Waals surface area (Å²) in [5, 5.41) is 10.0. The molecule has 1 saturated carbocycles. The van der Waals surface area contributed by atoms with E-state index in [-0.39, 0.29) is 10.8 Å². The van der Waals surface area contributed by atoms with E-state index in [0.717, 1.165) is 31.3 Å². The summed E-state index contributed by atoms with van der Waals surface area (Å²) in [7, 11) is 0. The van der Waals surface area contributed by atoms with Gasteiger partial charge >= 0.3 is 0 Å². The molecule has 0 aromatic carbocycles. The lowest BCUT2D eigenvalue weighted by molar-refractivity contribution is -0.131. The zero-order valence-electron chi connectivity index (χ0n) is 12.4. The number of hydrogen-bond donors (Lipinski definition) is 1. The highest BCUT2D eigenvalue weighted by Gasteiger charge is 2.56. The maximum atomic E-state index is 12.9. The molecule has 2 nitrogen and oxygen atoms in total. The second kappa shape index (κ2) is 3.93. The molecule has 0 spiro atoms. The fraction of sp³-hybridized carbons (Fsp3) is 0.812. The summed E-state index contributed by atoms with van der Waals surface area (Å²) in [5.74, 6) is 0.299.